The van der Waals surface area contributed by atoms with Crippen LogP contribution >= 0.6 is 22.6 Å². The van der Waals surface area contributed by atoms with Crippen molar-refractivity contribution in [3.05, 3.63) is 57.2 Å². The van der Waals surface area contributed by atoms with Gasteiger partial charge in [0.2, 0.25) is 0 Å². The van der Waals surface area contributed by atoms with Gasteiger partial charge in [-0.25, -0.2) is 0 Å². The Bertz CT molecular complexity index is 735. The van der Waals surface area contributed by atoms with Crippen LogP contribution < -0.4 is 14.8 Å². The highest BCUT2D eigenvalue weighted by atomic mass is 127. The van der Waals surface area contributed by atoms with E-state index >= 15 is 0 Å². The molecule has 0 fully saturated rings. The summed E-state index contributed by atoms with van der Waals surface area (Å²) < 4.78 is 11.4. The zero-order valence-electron chi connectivity index (χ0n) is 15.6. The third-order valence-electron chi connectivity index (χ3n) is 4.26. The molecule has 0 radical (unpaired) electrons. The Morgan fingerprint density at radius 3 is 2.31 bits per heavy atom. The molecule has 2 aromatic rings. The van der Waals surface area contributed by atoms with E-state index in [2.05, 4.69) is 44.9 Å². The highest BCUT2D eigenvalue weighted by Crippen LogP contribution is 2.31. The number of rotatable bonds is 8. The number of likely N-dealkylation sites (N-methyl/N-ethyl adjacent to an activating group) is 1. The van der Waals surface area contributed by atoms with Gasteiger partial charge in [-0.3, -0.25) is 4.79 Å². The van der Waals surface area contributed by atoms with Gasteiger partial charge in [0.15, 0.2) is 11.5 Å². The molecule has 0 aliphatic rings. The molecule has 2 rings (SSSR count). The van der Waals surface area contributed by atoms with E-state index in [9.17, 15) is 4.79 Å². The van der Waals surface area contributed by atoms with Gasteiger partial charge in [0.25, 0.3) is 5.91 Å². The number of methoxy groups -OCH3 is 2. The summed E-state index contributed by atoms with van der Waals surface area (Å²) in [5.74, 6) is 1.05. The number of halogens is 1. The average molecular weight is 468 g/mol. The maximum absolute atomic E-state index is 12.7. The van der Waals surface area contributed by atoms with Crippen LogP contribution in [0, 0.1) is 3.57 Å². The SMILES string of the molecule is COc1cc(I)c(C(=O)NCC(Cc2ccccc2)N(C)C)cc1OC. The summed E-state index contributed by atoms with van der Waals surface area (Å²) in [5.41, 5.74) is 1.83. The summed E-state index contributed by atoms with van der Waals surface area (Å²) in [7, 11) is 7.20. The molecule has 140 valence electrons. The third kappa shape index (κ3) is 5.35. The Hall–Kier alpha value is -1.80. The normalized spacial score (nSPS) is 11.9. The summed E-state index contributed by atoms with van der Waals surface area (Å²) in [6.07, 6.45) is 0.872. The summed E-state index contributed by atoms with van der Waals surface area (Å²) in [4.78, 5) is 14.8. The molecule has 0 spiro atoms. The van der Waals surface area contributed by atoms with Crippen LogP contribution in [0.25, 0.3) is 0 Å². The van der Waals surface area contributed by atoms with Crippen molar-refractivity contribution in [2.45, 2.75) is 12.5 Å². The van der Waals surface area contributed by atoms with Crippen molar-refractivity contribution in [1.82, 2.24) is 10.2 Å². The summed E-state index contributed by atoms with van der Waals surface area (Å²) in [6.45, 7) is 0.561. The topological polar surface area (TPSA) is 50.8 Å². The number of carbonyl (C=O) groups excluding carboxylic acids is 1. The van der Waals surface area contributed by atoms with Crippen LogP contribution in [-0.4, -0.2) is 51.7 Å². The van der Waals surface area contributed by atoms with Crippen LogP contribution in [0.1, 0.15) is 15.9 Å². The molecule has 5 nitrogen and oxygen atoms in total. The first kappa shape index (κ1) is 20.5. The highest BCUT2D eigenvalue weighted by molar-refractivity contribution is 14.1. The quantitative estimate of drug-likeness (QED) is 0.605. The maximum atomic E-state index is 12.7. The molecule has 1 unspecified atom stereocenters. The van der Waals surface area contributed by atoms with Crippen LogP contribution in [0.3, 0.4) is 0 Å². The lowest BCUT2D eigenvalue weighted by molar-refractivity contribution is 0.0940. The number of nitrogens with zero attached hydrogens (tertiary/aromatic N) is 1. The summed E-state index contributed by atoms with van der Waals surface area (Å²) >= 11 is 2.14. The van der Waals surface area contributed by atoms with E-state index < -0.39 is 0 Å². The van der Waals surface area contributed by atoms with Gasteiger partial charge < -0.3 is 19.7 Å². The van der Waals surface area contributed by atoms with Gasteiger partial charge in [-0.05, 0) is 60.8 Å². The first-order valence-corrected chi connectivity index (χ1v) is 9.44. The third-order valence-corrected chi connectivity index (χ3v) is 5.15. The standard InChI is InChI=1S/C20H25IN2O3/c1-23(2)15(10-14-8-6-5-7-9-14)13-22-20(24)16-11-18(25-3)19(26-4)12-17(16)21/h5-9,11-12,15H,10,13H2,1-4H3,(H,22,24). The molecule has 0 saturated heterocycles. The van der Waals surface area contributed by atoms with Crippen molar-refractivity contribution in [3.8, 4) is 11.5 Å². The maximum Gasteiger partial charge on any atom is 0.252 e. The average Bonchev–Trinajstić information content (AvgIpc) is 2.65. The van der Waals surface area contributed by atoms with Crippen molar-refractivity contribution >= 4 is 28.5 Å². The van der Waals surface area contributed by atoms with Gasteiger partial charge in [-0.1, -0.05) is 30.3 Å². The fourth-order valence-electron chi connectivity index (χ4n) is 2.66. The minimum absolute atomic E-state index is 0.115. The van der Waals surface area contributed by atoms with Gasteiger partial charge in [0, 0.05) is 16.2 Å². The number of hydrogen-bond donors (Lipinski definition) is 1. The Kier molecular flexibility index (Phi) is 7.71. The molecule has 0 bridgehead atoms. The van der Waals surface area contributed by atoms with Crippen LogP contribution in [0.15, 0.2) is 42.5 Å². The second-order valence-corrected chi connectivity index (χ2v) is 7.37. The van der Waals surface area contributed by atoms with Gasteiger partial charge in [-0.15, -0.1) is 0 Å². The van der Waals surface area contributed by atoms with Gasteiger partial charge in [0.05, 0.1) is 19.8 Å². The molecule has 1 amide bonds. The van der Waals surface area contributed by atoms with Crippen molar-refractivity contribution in [2.24, 2.45) is 0 Å². The summed E-state index contributed by atoms with van der Waals surface area (Å²) in [5, 5.41) is 3.05. The fraction of sp³-hybridized carbons (Fsp3) is 0.350. The Morgan fingerprint density at radius 2 is 1.73 bits per heavy atom. The number of amides is 1. The first-order chi connectivity index (χ1) is 12.5. The zero-order chi connectivity index (χ0) is 19.1. The molecule has 2 aromatic carbocycles. The van der Waals surface area contributed by atoms with Gasteiger partial charge in [0.1, 0.15) is 0 Å². The second kappa shape index (κ2) is 9.78. The number of nitrogens with one attached hydrogen (secondary N) is 1. The predicted molar refractivity (Wildman–Crippen MR) is 112 cm³/mol. The van der Waals surface area contributed by atoms with Crippen molar-refractivity contribution in [2.75, 3.05) is 34.9 Å². The number of carbonyl (C=O) groups is 1. The molecule has 0 heterocycles. The number of benzene rings is 2. The monoisotopic (exact) mass is 468 g/mol. The molecule has 0 saturated carbocycles. The molecule has 0 aliphatic heterocycles. The number of ether oxygens (including phenoxy) is 2. The molecule has 26 heavy (non-hydrogen) atoms. The summed E-state index contributed by atoms with van der Waals surface area (Å²) in [6, 6.07) is 14.0. The lowest BCUT2D eigenvalue weighted by Crippen LogP contribution is -2.41. The first-order valence-electron chi connectivity index (χ1n) is 8.36. The molecule has 0 aromatic heterocycles. The second-order valence-electron chi connectivity index (χ2n) is 6.20. The molecule has 1 N–H and O–H groups in total. The minimum Gasteiger partial charge on any atom is -0.493 e. The zero-order valence-corrected chi connectivity index (χ0v) is 17.7. The lowest BCUT2D eigenvalue weighted by atomic mass is 10.0. The van der Waals surface area contributed by atoms with E-state index in [4.69, 9.17) is 9.47 Å². The Balaban J connectivity index is 2.08. The van der Waals surface area contributed by atoms with E-state index in [0.717, 1.165) is 9.99 Å². The van der Waals surface area contributed by atoms with Crippen LogP contribution in [0.2, 0.25) is 0 Å². The van der Waals surface area contributed by atoms with Crippen molar-refractivity contribution < 1.29 is 14.3 Å². The Labute approximate surface area is 168 Å². The lowest BCUT2D eigenvalue weighted by Gasteiger charge is -2.25. The Morgan fingerprint density at radius 1 is 1.12 bits per heavy atom. The highest BCUT2D eigenvalue weighted by Gasteiger charge is 2.18. The van der Waals surface area contributed by atoms with Gasteiger partial charge in [-0.2, -0.15) is 0 Å². The van der Waals surface area contributed by atoms with E-state index in [1.54, 1.807) is 20.3 Å². The molecule has 0 aliphatic carbocycles. The van der Waals surface area contributed by atoms with Crippen molar-refractivity contribution in [3.63, 3.8) is 0 Å². The molecule has 6 heteroatoms. The van der Waals surface area contributed by atoms with Crippen LogP contribution in [0.4, 0.5) is 0 Å². The smallest absolute Gasteiger partial charge is 0.252 e. The van der Waals surface area contributed by atoms with Crippen LogP contribution in [-0.2, 0) is 6.42 Å². The number of hydrogen-bond acceptors (Lipinski definition) is 4. The fourth-order valence-corrected chi connectivity index (χ4v) is 3.34. The molecule has 1 atom stereocenters. The van der Waals surface area contributed by atoms with E-state index in [1.807, 2.05) is 38.4 Å². The van der Waals surface area contributed by atoms with Crippen LogP contribution in [0.5, 0.6) is 11.5 Å². The van der Waals surface area contributed by atoms with E-state index in [-0.39, 0.29) is 11.9 Å². The van der Waals surface area contributed by atoms with Crippen molar-refractivity contribution in [1.29, 1.82) is 0 Å². The van der Waals surface area contributed by atoms with E-state index in [1.165, 1.54) is 5.56 Å². The largest absolute Gasteiger partial charge is 0.493 e. The van der Waals surface area contributed by atoms with E-state index in [0.29, 0.717) is 23.6 Å². The van der Waals surface area contributed by atoms with Gasteiger partial charge >= 0.3 is 0 Å². The minimum atomic E-state index is -0.115. The molecular formula is C20H25IN2O3. The molecular weight excluding hydrogens is 443 g/mol. The predicted octanol–water partition coefficient (Wildman–Crippen LogP) is 3.21.